The molecule has 1 atom stereocenters. The Kier molecular flexibility index (Phi) is 4.84. The number of benzene rings is 2. The molecule has 0 aliphatic rings. The smallest absolute Gasteiger partial charge is 0.336 e. The molecule has 3 rings (SSSR count). The van der Waals surface area contributed by atoms with Gasteiger partial charge in [-0.3, -0.25) is 9.59 Å². The highest BCUT2D eigenvalue weighted by Gasteiger charge is 2.16. The summed E-state index contributed by atoms with van der Waals surface area (Å²) in [5.41, 5.74) is 0.964. The third kappa shape index (κ3) is 3.97. The van der Waals surface area contributed by atoms with Crippen molar-refractivity contribution < 1.29 is 18.7 Å². The minimum atomic E-state index is -0.788. The van der Waals surface area contributed by atoms with Crippen LogP contribution in [-0.4, -0.2) is 17.8 Å². The number of ketones is 1. The Morgan fingerprint density at radius 2 is 1.85 bits per heavy atom. The van der Waals surface area contributed by atoms with Gasteiger partial charge in [0, 0.05) is 28.8 Å². The molecule has 132 valence electrons. The number of carbonyl (C=O) groups excluding carboxylic acids is 2. The van der Waals surface area contributed by atoms with Crippen LogP contribution in [0.15, 0.2) is 63.8 Å². The zero-order valence-corrected chi connectivity index (χ0v) is 14.3. The van der Waals surface area contributed by atoms with E-state index in [9.17, 15) is 14.4 Å². The molecule has 1 aromatic heterocycles. The van der Waals surface area contributed by atoms with Crippen molar-refractivity contribution in [1.29, 1.82) is 0 Å². The van der Waals surface area contributed by atoms with Crippen LogP contribution in [0.1, 0.15) is 24.2 Å². The van der Waals surface area contributed by atoms with Crippen LogP contribution in [0.25, 0.3) is 11.0 Å². The number of amides is 1. The van der Waals surface area contributed by atoms with Gasteiger partial charge in [-0.2, -0.15) is 0 Å². The summed E-state index contributed by atoms with van der Waals surface area (Å²) >= 11 is 0. The molecular weight excluding hydrogens is 334 g/mol. The Bertz CT molecular complexity index is 1040. The highest BCUT2D eigenvalue weighted by Crippen LogP contribution is 2.21. The van der Waals surface area contributed by atoms with E-state index in [2.05, 4.69) is 5.32 Å². The van der Waals surface area contributed by atoms with Crippen molar-refractivity contribution in [3.8, 4) is 5.75 Å². The number of hydrogen-bond acceptors (Lipinski definition) is 5. The van der Waals surface area contributed by atoms with Crippen LogP contribution in [0.2, 0.25) is 0 Å². The largest absolute Gasteiger partial charge is 0.481 e. The number of nitrogens with one attached hydrogen (secondary N) is 1. The second kappa shape index (κ2) is 7.23. The van der Waals surface area contributed by atoms with Gasteiger partial charge in [-0.05, 0) is 44.2 Å². The minimum absolute atomic E-state index is 0.0805. The molecule has 0 saturated carbocycles. The van der Waals surface area contributed by atoms with E-state index in [1.807, 2.05) is 0 Å². The maximum Gasteiger partial charge on any atom is 0.336 e. The molecule has 1 heterocycles. The molecular formula is C20H17NO5. The number of rotatable bonds is 5. The standard InChI is InChI=1S/C20H17NO5/c1-12(22)15-4-3-5-16(10-15)21-20(24)13(2)25-17-8-6-14-7-9-19(23)26-18(14)11-17/h3-11,13H,1-2H3,(H,21,24)/t13-/m0/s1. The summed E-state index contributed by atoms with van der Waals surface area (Å²) in [7, 11) is 0. The number of anilines is 1. The summed E-state index contributed by atoms with van der Waals surface area (Å²) in [5.74, 6) is -0.0321. The van der Waals surface area contributed by atoms with Crippen LogP contribution >= 0.6 is 0 Å². The summed E-state index contributed by atoms with van der Waals surface area (Å²) in [4.78, 5) is 35.1. The van der Waals surface area contributed by atoms with Gasteiger partial charge in [0.25, 0.3) is 5.91 Å². The fraction of sp³-hybridized carbons (Fsp3) is 0.150. The summed E-state index contributed by atoms with van der Waals surface area (Å²) in [5, 5.41) is 3.47. The predicted octanol–water partition coefficient (Wildman–Crippen LogP) is 3.40. The summed E-state index contributed by atoms with van der Waals surface area (Å²) in [6.45, 7) is 3.07. The highest BCUT2D eigenvalue weighted by molar-refractivity contribution is 5.98. The van der Waals surface area contributed by atoms with Crippen molar-refractivity contribution in [2.45, 2.75) is 20.0 Å². The van der Waals surface area contributed by atoms with Gasteiger partial charge in [-0.1, -0.05) is 12.1 Å². The average Bonchev–Trinajstić information content (AvgIpc) is 2.61. The number of fused-ring (bicyclic) bond motifs is 1. The number of carbonyl (C=O) groups is 2. The molecule has 0 aliphatic heterocycles. The predicted molar refractivity (Wildman–Crippen MR) is 97.7 cm³/mol. The molecule has 0 bridgehead atoms. The molecule has 0 fully saturated rings. The van der Waals surface area contributed by atoms with Gasteiger partial charge in [0.05, 0.1) is 0 Å². The monoisotopic (exact) mass is 351 g/mol. The molecule has 1 amide bonds. The van der Waals surface area contributed by atoms with Crippen molar-refractivity contribution in [3.05, 3.63) is 70.6 Å². The fourth-order valence-electron chi connectivity index (χ4n) is 2.43. The summed E-state index contributed by atoms with van der Waals surface area (Å²) < 4.78 is 10.7. The van der Waals surface area contributed by atoms with Gasteiger partial charge in [-0.25, -0.2) is 4.79 Å². The van der Waals surface area contributed by atoms with Crippen LogP contribution in [0.4, 0.5) is 5.69 Å². The molecule has 0 unspecified atom stereocenters. The second-order valence-electron chi connectivity index (χ2n) is 5.84. The van der Waals surface area contributed by atoms with Crippen molar-refractivity contribution in [2.75, 3.05) is 5.32 Å². The van der Waals surface area contributed by atoms with E-state index in [0.717, 1.165) is 5.39 Å². The quantitative estimate of drug-likeness (QED) is 0.562. The molecule has 26 heavy (non-hydrogen) atoms. The SMILES string of the molecule is CC(=O)c1cccc(NC(=O)[C@H](C)Oc2ccc3ccc(=O)oc3c2)c1. The van der Waals surface area contributed by atoms with E-state index in [0.29, 0.717) is 22.6 Å². The molecule has 0 spiro atoms. The number of hydrogen-bond donors (Lipinski definition) is 1. The zero-order valence-electron chi connectivity index (χ0n) is 14.3. The molecule has 0 saturated heterocycles. The first kappa shape index (κ1) is 17.4. The van der Waals surface area contributed by atoms with Gasteiger partial charge in [0.1, 0.15) is 11.3 Å². The van der Waals surface area contributed by atoms with Crippen molar-refractivity contribution in [3.63, 3.8) is 0 Å². The molecule has 6 heteroatoms. The highest BCUT2D eigenvalue weighted by atomic mass is 16.5. The van der Waals surface area contributed by atoms with Gasteiger partial charge in [0.2, 0.25) is 0 Å². The van der Waals surface area contributed by atoms with E-state index < -0.39 is 11.7 Å². The van der Waals surface area contributed by atoms with Gasteiger partial charge < -0.3 is 14.5 Å². The average molecular weight is 351 g/mol. The molecule has 2 aromatic carbocycles. The van der Waals surface area contributed by atoms with E-state index in [-0.39, 0.29) is 11.7 Å². The Labute approximate surface area is 149 Å². The lowest BCUT2D eigenvalue weighted by molar-refractivity contribution is -0.122. The molecule has 1 N–H and O–H groups in total. The summed E-state index contributed by atoms with van der Waals surface area (Å²) in [6.07, 6.45) is -0.788. The van der Waals surface area contributed by atoms with E-state index in [4.69, 9.17) is 9.15 Å². The Balaban J connectivity index is 1.72. The third-order valence-corrected chi connectivity index (χ3v) is 3.81. The van der Waals surface area contributed by atoms with Gasteiger partial charge in [-0.15, -0.1) is 0 Å². The van der Waals surface area contributed by atoms with Crippen LogP contribution in [0.3, 0.4) is 0 Å². The second-order valence-corrected chi connectivity index (χ2v) is 5.84. The van der Waals surface area contributed by atoms with E-state index in [1.165, 1.54) is 13.0 Å². The van der Waals surface area contributed by atoms with Gasteiger partial charge >= 0.3 is 5.63 Å². The van der Waals surface area contributed by atoms with E-state index in [1.54, 1.807) is 55.5 Å². The molecule has 6 nitrogen and oxygen atoms in total. The first-order chi connectivity index (χ1) is 12.4. The van der Waals surface area contributed by atoms with E-state index >= 15 is 0 Å². The first-order valence-electron chi connectivity index (χ1n) is 8.05. The van der Waals surface area contributed by atoms with Gasteiger partial charge in [0.15, 0.2) is 11.9 Å². The Morgan fingerprint density at radius 1 is 1.08 bits per heavy atom. The van der Waals surface area contributed by atoms with Crippen LogP contribution in [-0.2, 0) is 4.79 Å². The van der Waals surface area contributed by atoms with Crippen molar-refractivity contribution >= 4 is 28.3 Å². The maximum absolute atomic E-state index is 12.3. The van der Waals surface area contributed by atoms with Crippen molar-refractivity contribution in [1.82, 2.24) is 0 Å². The normalized spacial score (nSPS) is 11.8. The lowest BCUT2D eigenvalue weighted by Gasteiger charge is -2.15. The third-order valence-electron chi connectivity index (χ3n) is 3.81. The van der Waals surface area contributed by atoms with Crippen molar-refractivity contribution in [2.24, 2.45) is 0 Å². The topological polar surface area (TPSA) is 85.6 Å². The van der Waals surface area contributed by atoms with Crippen LogP contribution in [0.5, 0.6) is 5.75 Å². The molecule has 0 aliphatic carbocycles. The lowest BCUT2D eigenvalue weighted by atomic mass is 10.1. The minimum Gasteiger partial charge on any atom is -0.481 e. The molecule has 0 radical (unpaired) electrons. The van der Waals surface area contributed by atoms with Crippen LogP contribution in [0, 0.1) is 0 Å². The Morgan fingerprint density at radius 3 is 2.62 bits per heavy atom. The summed E-state index contributed by atoms with van der Waals surface area (Å²) in [6, 6.07) is 14.7. The van der Waals surface area contributed by atoms with Crippen LogP contribution < -0.4 is 15.7 Å². The molecule has 3 aromatic rings. The lowest BCUT2D eigenvalue weighted by Crippen LogP contribution is -2.30. The first-order valence-corrected chi connectivity index (χ1v) is 8.05. The maximum atomic E-state index is 12.3. The number of ether oxygens (including phenoxy) is 1. The zero-order chi connectivity index (χ0) is 18.7. The number of Topliss-reactive ketones (excluding diaryl/α,β-unsaturated/α-hetero) is 1. The Hall–Kier alpha value is -3.41. The fourth-order valence-corrected chi connectivity index (χ4v) is 2.43.